The summed E-state index contributed by atoms with van der Waals surface area (Å²) >= 11 is 0. The molecule has 2 bridgehead atoms. The Morgan fingerprint density at radius 1 is 0.943 bits per heavy atom. The highest BCUT2D eigenvalue weighted by atomic mass is 19.1. The topological polar surface area (TPSA) is 79.4 Å². The van der Waals surface area contributed by atoms with E-state index in [-0.39, 0.29) is 29.6 Å². The lowest BCUT2D eigenvalue weighted by atomic mass is 9.90. The van der Waals surface area contributed by atoms with Gasteiger partial charge >= 0.3 is 0 Å². The second-order valence-electron chi connectivity index (χ2n) is 9.87. The molecule has 1 amide bonds. The van der Waals surface area contributed by atoms with E-state index in [1.807, 2.05) is 35.2 Å². The molecule has 3 aliphatic heterocycles. The minimum Gasteiger partial charge on any atom is -0.372 e. The largest absolute Gasteiger partial charge is 0.372 e. The number of nitriles is 1. The third-order valence-corrected chi connectivity index (χ3v) is 7.70. The van der Waals surface area contributed by atoms with Gasteiger partial charge in [0.2, 0.25) is 0 Å². The number of ether oxygens (including phenoxy) is 1. The minimum atomic E-state index is -0.571. The van der Waals surface area contributed by atoms with Crippen LogP contribution < -0.4 is 5.73 Å². The van der Waals surface area contributed by atoms with E-state index in [9.17, 15) is 14.4 Å². The summed E-state index contributed by atoms with van der Waals surface area (Å²) in [6.07, 6.45) is 3.66. The Morgan fingerprint density at radius 2 is 1.66 bits per heavy atom. The fourth-order valence-electron chi connectivity index (χ4n) is 5.98. The number of nitrogens with two attached hydrogens (primary N) is 1. The Hall–Kier alpha value is -3.53. The van der Waals surface area contributed by atoms with Crippen LogP contribution in [0, 0.1) is 17.1 Å². The number of hydrogen-bond donors (Lipinski definition) is 1. The zero-order chi connectivity index (χ0) is 24.1. The molecule has 0 radical (unpaired) electrons. The summed E-state index contributed by atoms with van der Waals surface area (Å²) in [7, 11) is 0. The van der Waals surface area contributed by atoms with Crippen molar-refractivity contribution in [2.45, 2.75) is 57.0 Å². The van der Waals surface area contributed by atoms with Gasteiger partial charge in [-0.1, -0.05) is 24.3 Å². The third-order valence-electron chi connectivity index (χ3n) is 7.70. The Kier molecular flexibility index (Phi) is 5.40. The van der Waals surface area contributed by atoms with Gasteiger partial charge in [-0.15, -0.1) is 0 Å². The van der Waals surface area contributed by atoms with Crippen molar-refractivity contribution in [3.8, 4) is 28.3 Å². The van der Waals surface area contributed by atoms with Crippen LogP contribution in [0.2, 0.25) is 0 Å². The maximum atomic E-state index is 14.6. The molecule has 0 aliphatic carbocycles. The number of benzene rings is 3. The summed E-state index contributed by atoms with van der Waals surface area (Å²) in [5, 5.41) is 9.18. The van der Waals surface area contributed by atoms with E-state index < -0.39 is 5.82 Å². The van der Waals surface area contributed by atoms with Gasteiger partial charge in [0.05, 0.1) is 18.8 Å². The summed E-state index contributed by atoms with van der Waals surface area (Å²) < 4.78 is 20.2. The van der Waals surface area contributed by atoms with E-state index in [4.69, 9.17) is 10.5 Å². The van der Waals surface area contributed by atoms with Gasteiger partial charge in [-0.3, -0.25) is 4.79 Å². The summed E-state index contributed by atoms with van der Waals surface area (Å²) in [6.45, 7) is 1.18. The average Bonchev–Trinajstić information content (AvgIpc) is 3.44. The highest BCUT2D eigenvalue weighted by Crippen LogP contribution is 2.39. The predicted molar refractivity (Wildman–Crippen MR) is 131 cm³/mol. The number of fused-ring (bicyclic) bond motifs is 3. The quantitative estimate of drug-likeness (QED) is 0.577. The first-order chi connectivity index (χ1) is 17.0. The number of amides is 1. The second-order valence-corrected chi connectivity index (χ2v) is 9.87. The highest BCUT2D eigenvalue weighted by Gasteiger charge is 2.42. The van der Waals surface area contributed by atoms with Crippen molar-refractivity contribution in [2.75, 3.05) is 0 Å². The van der Waals surface area contributed by atoms with Gasteiger partial charge in [-0.05, 0) is 89.4 Å². The normalized spacial score (nSPS) is 22.7. The van der Waals surface area contributed by atoms with E-state index in [1.165, 1.54) is 17.7 Å². The van der Waals surface area contributed by atoms with E-state index in [0.29, 0.717) is 24.3 Å². The van der Waals surface area contributed by atoms with Gasteiger partial charge in [0.1, 0.15) is 11.9 Å². The number of halogens is 1. The van der Waals surface area contributed by atoms with Crippen molar-refractivity contribution < 1.29 is 13.9 Å². The predicted octanol–water partition coefficient (Wildman–Crippen LogP) is 5.16. The Balaban J connectivity index is 1.45. The lowest BCUT2D eigenvalue weighted by Gasteiger charge is -2.38. The van der Waals surface area contributed by atoms with Crippen molar-refractivity contribution >= 4 is 5.91 Å². The van der Waals surface area contributed by atoms with E-state index in [0.717, 1.165) is 47.9 Å². The molecule has 2 fully saturated rings. The number of nitrogens with zero attached hydrogens (tertiary/aromatic N) is 2. The molecule has 2 saturated heterocycles. The number of carbonyl (C=O) groups is 1. The maximum Gasteiger partial charge on any atom is 0.254 e. The van der Waals surface area contributed by atoms with Crippen LogP contribution in [0.15, 0.2) is 54.6 Å². The highest BCUT2D eigenvalue weighted by molar-refractivity contribution is 5.98. The molecule has 2 N–H and O–H groups in total. The second kappa shape index (κ2) is 8.60. The Bertz CT molecular complexity index is 1360. The van der Waals surface area contributed by atoms with Gasteiger partial charge in [0, 0.05) is 23.7 Å². The third kappa shape index (κ3) is 3.81. The van der Waals surface area contributed by atoms with E-state index in [2.05, 4.69) is 12.1 Å². The van der Waals surface area contributed by atoms with Gasteiger partial charge < -0.3 is 15.4 Å². The van der Waals surface area contributed by atoms with Crippen LogP contribution in [0.5, 0.6) is 0 Å². The number of rotatable bonds is 3. The molecule has 5 nitrogen and oxygen atoms in total. The zero-order valence-electron chi connectivity index (χ0n) is 19.3. The van der Waals surface area contributed by atoms with Crippen molar-refractivity contribution in [2.24, 2.45) is 5.73 Å². The van der Waals surface area contributed by atoms with Crippen molar-refractivity contribution in [3.05, 3.63) is 82.7 Å². The molecule has 35 heavy (non-hydrogen) atoms. The zero-order valence-corrected chi connectivity index (χ0v) is 19.3. The summed E-state index contributed by atoms with van der Waals surface area (Å²) in [6, 6.07) is 18.9. The molecule has 3 aliphatic rings. The Morgan fingerprint density at radius 3 is 2.40 bits per heavy atom. The molecule has 6 heteroatoms. The maximum absolute atomic E-state index is 14.6. The molecule has 3 atom stereocenters. The first-order valence-corrected chi connectivity index (χ1v) is 12.1. The number of carbonyl (C=O) groups excluding carboxylic acids is 1. The lowest BCUT2D eigenvalue weighted by molar-refractivity contribution is 0.0575. The summed E-state index contributed by atoms with van der Waals surface area (Å²) in [4.78, 5) is 15.7. The van der Waals surface area contributed by atoms with Crippen LogP contribution in [-0.4, -0.2) is 28.9 Å². The molecular formula is C29H26FN3O2. The number of piperidine rings is 1. The summed E-state index contributed by atoms with van der Waals surface area (Å²) in [5.41, 5.74) is 12.4. The number of hydrogen-bond acceptors (Lipinski definition) is 4. The molecular weight excluding hydrogens is 441 g/mol. The molecule has 3 heterocycles. The van der Waals surface area contributed by atoms with Crippen LogP contribution >= 0.6 is 0 Å². The summed E-state index contributed by atoms with van der Waals surface area (Å²) in [5.74, 6) is -0.563. The van der Waals surface area contributed by atoms with Crippen molar-refractivity contribution in [3.63, 3.8) is 0 Å². The molecule has 1 unspecified atom stereocenters. The van der Waals surface area contributed by atoms with Crippen LogP contribution in [0.25, 0.3) is 22.3 Å². The Labute approximate surface area is 203 Å². The molecule has 0 aromatic heterocycles. The van der Waals surface area contributed by atoms with Crippen LogP contribution in [0.1, 0.15) is 52.7 Å². The van der Waals surface area contributed by atoms with Crippen LogP contribution in [-0.2, 0) is 18.0 Å². The van der Waals surface area contributed by atoms with Gasteiger partial charge in [-0.25, -0.2) is 4.39 Å². The molecule has 3 aromatic carbocycles. The fraction of sp³-hybridized carbons (Fsp3) is 0.310. The lowest BCUT2D eigenvalue weighted by Crippen LogP contribution is -2.50. The first kappa shape index (κ1) is 22.0. The monoisotopic (exact) mass is 467 g/mol. The van der Waals surface area contributed by atoms with Gasteiger partial charge in [0.25, 0.3) is 5.91 Å². The molecule has 3 aromatic rings. The van der Waals surface area contributed by atoms with E-state index in [1.54, 1.807) is 6.07 Å². The fourth-order valence-corrected chi connectivity index (χ4v) is 5.98. The first-order valence-electron chi connectivity index (χ1n) is 12.1. The average molecular weight is 468 g/mol. The SMILES string of the molecule is N#Cc1ccc(-c2cc(C(=O)N3[C@@H]4CC[C@H]3CC(N)C4)ccc2-c2ccc3c(c2)COC3)cc1F. The molecule has 0 spiro atoms. The van der Waals surface area contributed by atoms with Crippen molar-refractivity contribution in [1.82, 2.24) is 4.90 Å². The van der Waals surface area contributed by atoms with E-state index >= 15 is 0 Å². The standard InChI is InChI=1S/C29H26FN3O2/c30-28-11-18(1-3-20(28)14-31)27-10-19(29(34)33-24-6-7-25(33)13-23(32)12-24)5-8-26(27)17-2-4-21-15-35-16-22(21)9-17/h1-5,8-11,23-25H,6-7,12-13,15-16,32H2/t23?,24-,25+. The van der Waals surface area contributed by atoms with Crippen molar-refractivity contribution in [1.29, 1.82) is 5.26 Å². The van der Waals surface area contributed by atoms with Gasteiger partial charge in [-0.2, -0.15) is 5.26 Å². The minimum absolute atomic E-state index is 0.00144. The molecule has 176 valence electrons. The van der Waals surface area contributed by atoms with Gasteiger partial charge in [0.15, 0.2) is 0 Å². The molecule has 6 rings (SSSR count). The smallest absolute Gasteiger partial charge is 0.254 e. The van der Waals surface area contributed by atoms with Crippen LogP contribution in [0.4, 0.5) is 4.39 Å². The van der Waals surface area contributed by atoms with Crippen LogP contribution in [0.3, 0.4) is 0 Å². The molecule has 0 saturated carbocycles.